The molecule has 6 aromatic carbocycles. The number of rotatable bonds is 21. The third kappa shape index (κ3) is 13.1. The van der Waals surface area contributed by atoms with Crippen LogP contribution in [0.3, 0.4) is 0 Å². The molecule has 0 amide bonds. The number of esters is 1. The molecule has 18 rings (SSSR count). The fraction of sp³-hybridized carbons (Fsp3) is 0.425. The number of halogens is 7. The predicted molar refractivity (Wildman–Crippen MR) is 389 cm³/mol. The first-order chi connectivity index (χ1) is 48.2. The van der Waals surface area contributed by atoms with Crippen molar-refractivity contribution >= 4 is 113 Å². The number of aliphatic carboxylic acids is 2. The highest BCUT2D eigenvalue weighted by atomic mass is 35.5. The highest BCUT2D eigenvalue weighted by Crippen LogP contribution is 2.74. The van der Waals surface area contributed by atoms with Gasteiger partial charge in [0.1, 0.15) is 35.0 Å². The van der Waals surface area contributed by atoms with Gasteiger partial charge in [-0.1, -0.05) is 108 Å². The number of hydrogen-bond donors (Lipinski definition) is 5. The van der Waals surface area contributed by atoms with Crippen LogP contribution in [0.25, 0.3) is 0 Å². The summed E-state index contributed by atoms with van der Waals surface area (Å²) in [6.07, 6.45) is 4.85. The zero-order chi connectivity index (χ0) is 74.3. The topological polar surface area (TPSA) is 286 Å². The van der Waals surface area contributed by atoms with E-state index in [0.717, 1.165) is 5.84 Å². The number of nitrogens with one attached hydrogen (secondary N) is 3. The monoisotopic (exact) mass is 1570 g/mol. The third-order valence-corrected chi connectivity index (χ3v) is 28.9. The average molecular weight is 1570 g/mol. The van der Waals surface area contributed by atoms with Crippen molar-refractivity contribution in [1.82, 2.24) is 28.9 Å². The number of carbonyl (C=O) groups excluding carboxylic acids is 1. The van der Waals surface area contributed by atoms with E-state index in [1.54, 1.807) is 137 Å². The van der Waals surface area contributed by atoms with Gasteiger partial charge in [-0.3, -0.25) is 15.0 Å². The van der Waals surface area contributed by atoms with Crippen molar-refractivity contribution in [2.75, 3.05) is 7.11 Å². The van der Waals surface area contributed by atoms with E-state index in [0.29, 0.717) is 86.1 Å². The molecule has 21 nitrogen and oxygen atoms in total. The molecule has 9 fully saturated rings. The Morgan fingerprint density at radius 2 is 0.683 bits per heavy atom. The van der Waals surface area contributed by atoms with E-state index < -0.39 is 117 Å². The average Bonchev–Trinajstić information content (AvgIpc) is 0.982. The molecule has 6 bridgehead atoms. The number of sulfonamides is 3. The van der Waals surface area contributed by atoms with Crippen LogP contribution in [0.5, 0.6) is 0 Å². The standard InChI is InChI=1S/C25H27ClFN3O4S.2C24H25ClFN3O4S.ClH/c1-23(2)20(21(31)34-3)28-22(29-23)24-13-25(14-24,15-24)30(12-16-9-10-18(26)19(27)11-16)35(32,33)17-7-5-4-6-8-17;2*1-22(2)19(20(30)31)27-21(28-22)23-12-24(13-23,14-23)29(11-15-8-9-17(25)18(26)10-15)34(32,33)16-6-4-3-5-7-16;/h4-11,20H,12-15H2,1-3H3,(H,28,29);2*3-10,19H,11-14H2,1-2H3,(H,27,28)(H,30,31);1H/t20-,24?,25?;2*19-,23?,24?;/m000./s1. The highest BCUT2D eigenvalue weighted by molar-refractivity contribution is 7.89. The first-order valence-corrected chi connectivity index (χ1v) is 38.8. The normalized spacial score (nSPS) is 28.6. The Hall–Kier alpha value is -7.18. The van der Waals surface area contributed by atoms with Gasteiger partial charge in [0.2, 0.25) is 30.1 Å². The van der Waals surface area contributed by atoms with Crippen molar-refractivity contribution in [3.05, 3.63) is 195 Å². The summed E-state index contributed by atoms with van der Waals surface area (Å²) in [6.45, 7) is 11.0. The first kappa shape index (κ1) is 76.5. The number of methoxy groups -OCH3 is 1. The fourth-order valence-electron chi connectivity index (χ4n) is 16.9. The molecule has 0 unspecified atom stereocenters. The Balaban J connectivity index is 0.000000146. The molecule has 12 aliphatic rings. The lowest BCUT2D eigenvalue weighted by molar-refractivity contribution is -0.151. The van der Waals surface area contributed by atoms with Crippen molar-refractivity contribution in [3.8, 4) is 0 Å². The Labute approximate surface area is 623 Å². The summed E-state index contributed by atoms with van der Waals surface area (Å²) in [6, 6.07) is 35.2. The van der Waals surface area contributed by atoms with Crippen molar-refractivity contribution < 1.29 is 67.8 Å². The van der Waals surface area contributed by atoms with Gasteiger partial charge in [-0.2, -0.15) is 12.9 Å². The lowest BCUT2D eigenvalue weighted by Gasteiger charge is -2.73. The molecule has 554 valence electrons. The summed E-state index contributed by atoms with van der Waals surface area (Å²) in [5.41, 5.74) is -3.43. The maximum atomic E-state index is 14.2. The molecule has 3 heterocycles. The van der Waals surface area contributed by atoms with E-state index in [9.17, 15) is 63.0 Å². The SMILES string of the molecule is CC1(C)NC(C23CC(N(Cc4ccc(Cl)c(F)c4)S(=O)(=O)c4ccccc4)(C2)C3)=N[C@H]1C(=O)O.CC1(C)NC(C23CC(N(Cc4ccc(Cl)c(F)c4)S(=O)(=O)c4ccccc4)(C2)C3)=N[C@H]1C(=O)O.COC(=O)[C@@H]1N=C(C23CC(N(Cc4ccc(Cl)c(F)c4)S(=O)(=O)c4ccccc4)(C2)C3)NC1(C)C.Cl. The molecule has 9 aliphatic carbocycles. The number of carbonyl (C=O) groups is 3. The lowest BCUT2D eigenvalue weighted by atomic mass is 9.38. The zero-order valence-corrected chi connectivity index (χ0v) is 63.2. The number of benzene rings is 6. The molecule has 0 spiro atoms. The second-order valence-electron chi connectivity index (χ2n) is 30.7. The van der Waals surface area contributed by atoms with Crippen molar-refractivity contribution in [2.24, 2.45) is 31.2 Å². The van der Waals surface area contributed by atoms with Gasteiger partial charge in [0.25, 0.3) is 0 Å². The Kier molecular flexibility index (Phi) is 19.6. The fourth-order valence-corrected chi connectivity index (χ4v) is 22.6. The Morgan fingerprint density at radius 3 is 0.904 bits per heavy atom. The summed E-state index contributed by atoms with van der Waals surface area (Å²) in [5.74, 6) is -2.17. The number of aliphatic imine (C=N–C) groups is 3. The van der Waals surface area contributed by atoms with Crippen LogP contribution in [-0.2, 0) is 68.8 Å². The number of hydrogen-bond acceptors (Lipinski definition) is 16. The van der Waals surface area contributed by atoms with Crippen LogP contribution < -0.4 is 16.0 Å². The zero-order valence-electron chi connectivity index (χ0n) is 57.6. The molecule has 6 aromatic rings. The third-order valence-electron chi connectivity index (χ3n) is 22.1. The molecule has 0 saturated heterocycles. The smallest absolute Gasteiger partial charge is 0.333 e. The second kappa shape index (κ2) is 26.6. The minimum Gasteiger partial charge on any atom is -0.480 e. The van der Waals surface area contributed by atoms with E-state index in [1.165, 1.54) is 56.4 Å². The van der Waals surface area contributed by atoms with E-state index in [1.807, 2.05) is 13.8 Å². The molecular formula is C73H78Cl4F3N9O12S3. The van der Waals surface area contributed by atoms with Gasteiger partial charge in [0.05, 0.1) is 53.5 Å². The molecule has 0 aromatic heterocycles. The Bertz CT molecular complexity index is 4670. The molecule has 104 heavy (non-hydrogen) atoms. The van der Waals surface area contributed by atoms with Gasteiger partial charge in [-0.25, -0.2) is 52.8 Å². The van der Waals surface area contributed by atoms with Crippen LogP contribution >= 0.6 is 47.2 Å². The van der Waals surface area contributed by atoms with E-state index in [-0.39, 0.29) is 78.0 Å². The van der Waals surface area contributed by atoms with Gasteiger partial charge in [0.15, 0.2) is 18.1 Å². The number of ether oxygens (including phenoxy) is 1. The van der Waals surface area contributed by atoms with Gasteiger partial charge >= 0.3 is 17.9 Å². The Morgan fingerprint density at radius 1 is 0.442 bits per heavy atom. The first-order valence-electron chi connectivity index (χ1n) is 33.4. The summed E-state index contributed by atoms with van der Waals surface area (Å²) in [5, 5.41) is 28.9. The molecule has 3 aliphatic heterocycles. The number of nitrogens with zero attached hydrogens (tertiary/aromatic N) is 6. The minimum atomic E-state index is -3.88. The summed E-state index contributed by atoms with van der Waals surface area (Å²) >= 11 is 17.5. The summed E-state index contributed by atoms with van der Waals surface area (Å²) < 4.78 is 134. The van der Waals surface area contributed by atoms with Gasteiger partial charge < -0.3 is 30.9 Å². The largest absolute Gasteiger partial charge is 0.480 e. The van der Waals surface area contributed by atoms with E-state index in [2.05, 4.69) is 30.9 Å². The van der Waals surface area contributed by atoms with E-state index in [4.69, 9.17) is 39.5 Å². The van der Waals surface area contributed by atoms with Crippen LogP contribution in [0.1, 0.15) is 116 Å². The van der Waals surface area contributed by atoms with Gasteiger partial charge in [-0.15, -0.1) is 12.4 Å². The molecule has 0 radical (unpaired) electrons. The molecule has 5 N–H and O–H groups in total. The number of amidine groups is 3. The number of carboxylic acids is 2. The van der Waals surface area contributed by atoms with Gasteiger partial charge in [-0.05, 0) is 189 Å². The highest BCUT2D eigenvalue weighted by Gasteiger charge is 2.78. The van der Waals surface area contributed by atoms with Crippen LogP contribution in [0.15, 0.2) is 175 Å². The molecule has 9 saturated carbocycles. The maximum Gasteiger partial charge on any atom is 0.333 e. The molecule has 31 heteroatoms. The van der Waals surface area contributed by atoms with E-state index >= 15 is 0 Å². The van der Waals surface area contributed by atoms with Gasteiger partial charge in [0, 0.05) is 52.5 Å². The second-order valence-corrected chi connectivity index (χ2v) is 37.5. The minimum absolute atomic E-state index is 0. The van der Waals surface area contributed by atoms with Crippen molar-refractivity contribution in [3.63, 3.8) is 0 Å². The van der Waals surface area contributed by atoms with Crippen LogP contribution in [0.4, 0.5) is 13.2 Å². The lowest BCUT2D eigenvalue weighted by Crippen LogP contribution is -2.78. The quantitative estimate of drug-likeness (QED) is 0.0419. The molecular weight excluding hydrogens is 1490 g/mol. The summed E-state index contributed by atoms with van der Waals surface area (Å²) in [7, 11) is -10.3. The summed E-state index contributed by atoms with van der Waals surface area (Å²) in [4.78, 5) is 49.7. The van der Waals surface area contributed by atoms with Crippen LogP contribution in [-0.4, -0.2) is 142 Å². The van der Waals surface area contributed by atoms with Crippen LogP contribution in [0, 0.1) is 33.7 Å². The van der Waals surface area contributed by atoms with Crippen molar-refractivity contribution in [1.29, 1.82) is 0 Å². The number of carboxylic acid groups (broad SMARTS) is 2. The van der Waals surface area contributed by atoms with Crippen LogP contribution in [0.2, 0.25) is 15.1 Å². The van der Waals surface area contributed by atoms with Crippen molar-refractivity contribution in [2.45, 2.75) is 185 Å². The predicted octanol–water partition coefficient (Wildman–Crippen LogP) is 12.0. The maximum absolute atomic E-state index is 14.2. The molecule has 3 atom stereocenters.